The fraction of sp³-hybridized carbons (Fsp3) is 0.462. The van der Waals surface area contributed by atoms with Crippen LogP contribution in [0.2, 0.25) is 0 Å². The van der Waals surface area contributed by atoms with Crippen LogP contribution >= 0.6 is 0 Å². The van der Waals surface area contributed by atoms with E-state index in [-0.39, 0.29) is 17.2 Å². The molecule has 0 aromatic heterocycles. The molecule has 112 valence electrons. The van der Waals surface area contributed by atoms with Gasteiger partial charge in [0.15, 0.2) is 0 Å². The number of nitrogens with one attached hydrogen (secondary N) is 1. The average molecular weight is 288 g/mol. The van der Waals surface area contributed by atoms with Gasteiger partial charge in [-0.1, -0.05) is 6.07 Å². The van der Waals surface area contributed by atoms with Crippen LogP contribution in [0.3, 0.4) is 0 Å². The van der Waals surface area contributed by atoms with E-state index in [1.54, 1.807) is 0 Å². The topological polar surface area (TPSA) is 73.6 Å². The zero-order chi connectivity index (χ0) is 14.8. The van der Waals surface area contributed by atoms with E-state index < -0.39 is 6.61 Å². The van der Waals surface area contributed by atoms with Crippen molar-refractivity contribution in [2.24, 2.45) is 5.73 Å². The molecule has 1 aromatic carbocycles. The van der Waals surface area contributed by atoms with E-state index in [0.29, 0.717) is 32.7 Å². The van der Waals surface area contributed by atoms with Gasteiger partial charge in [-0.3, -0.25) is 4.79 Å². The van der Waals surface area contributed by atoms with Crippen molar-refractivity contribution in [2.45, 2.75) is 13.0 Å². The molecule has 0 spiro atoms. The molecule has 0 aliphatic heterocycles. The van der Waals surface area contributed by atoms with Crippen LogP contribution in [0.5, 0.6) is 5.75 Å². The normalized spacial score (nSPS) is 10.6. The first-order valence-corrected chi connectivity index (χ1v) is 6.24. The quantitative estimate of drug-likeness (QED) is 0.673. The molecule has 0 heterocycles. The number of ether oxygens (including phenoxy) is 2. The van der Waals surface area contributed by atoms with Crippen molar-refractivity contribution < 1.29 is 23.0 Å². The lowest BCUT2D eigenvalue weighted by atomic mass is 10.2. The molecule has 7 heteroatoms. The summed E-state index contributed by atoms with van der Waals surface area (Å²) in [5, 5.41) is 2.66. The van der Waals surface area contributed by atoms with Gasteiger partial charge >= 0.3 is 6.61 Å². The Balaban J connectivity index is 2.35. The van der Waals surface area contributed by atoms with Gasteiger partial charge in [0.1, 0.15) is 5.75 Å². The Hall–Kier alpha value is -1.73. The van der Waals surface area contributed by atoms with Gasteiger partial charge in [0.2, 0.25) is 0 Å². The van der Waals surface area contributed by atoms with Crippen molar-refractivity contribution >= 4 is 5.91 Å². The third-order valence-electron chi connectivity index (χ3n) is 2.33. The molecule has 0 saturated carbocycles. The summed E-state index contributed by atoms with van der Waals surface area (Å²) in [5.74, 6) is -0.387. The number of alkyl halides is 2. The average Bonchev–Trinajstić information content (AvgIpc) is 2.42. The molecule has 1 amide bonds. The predicted octanol–water partition coefficient (Wildman–Crippen LogP) is 1.38. The van der Waals surface area contributed by atoms with Crippen molar-refractivity contribution in [2.75, 3.05) is 26.3 Å². The lowest BCUT2D eigenvalue weighted by Crippen LogP contribution is -2.25. The van der Waals surface area contributed by atoms with Crippen LogP contribution in [0.1, 0.15) is 16.8 Å². The molecule has 0 saturated heterocycles. The predicted molar refractivity (Wildman–Crippen MR) is 69.9 cm³/mol. The van der Waals surface area contributed by atoms with Crippen molar-refractivity contribution in [1.82, 2.24) is 5.32 Å². The highest BCUT2D eigenvalue weighted by molar-refractivity contribution is 5.94. The van der Waals surface area contributed by atoms with Gasteiger partial charge in [0.25, 0.3) is 5.91 Å². The molecule has 0 aliphatic carbocycles. The lowest BCUT2D eigenvalue weighted by molar-refractivity contribution is -0.0498. The van der Waals surface area contributed by atoms with Crippen molar-refractivity contribution in [3.8, 4) is 5.75 Å². The Morgan fingerprint density at radius 2 is 2.15 bits per heavy atom. The SMILES string of the molecule is NCCOCCCNC(=O)c1cccc(OC(F)F)c1. The van der Waals surface area contributed by atoms with Gasteiger partial charge in [0.05, 0.1) is 6.61 Å². The van der Waals surface area contributed by atoms with Gasteiger partial charge in [0, 0.05) is 25.3 Å². The van der Waals surface area contributed by atoms with Crippen molar-refractivity contribution in [3.05, 3.63) is 29.8 Å². The first kappa shape index (κ1) is 16.3. The highest BCUT2D eigenvalue weighted by atomic mass is 19.3. The first-order valence-electron chi connectivity index (χ1n) is 6.24. The molecule has 20 heavy (non-hydrogen) atoms. The molecule has 1 rings (SSSR count). The maximum Gasteiger partial charge on any atom is 0.387 e. The van der Waals surface area contributed by atoms with E-state index in [0.717, 1.165) is 0 Å². The summed E-state index contributed by atoms with van der Waals surface area (Å²) in [6, 6.07) is 5.64. The molecule has 5 nitrogen and oxygen atoms in total. The number of carbonyl (C=O) groups is 1. The molecule has 0 fully saturated rings. The summed E-state index contributed by atoms with van der Waals surface area (Å²) in [7, 11) is 0. The van der Waals surface area contributed by atoms with Gasteiger partial charge < -0.3 is 20.5 Å². The van der Waals surface area contributed by atoms with Crippen LogP contribution in [-0.4, -0.2) is 38.8 Å². The largest absolute Gasteiger partial charge is 0.435 e. The molecular weight excluding hydrogens is 270 g/mol. The van der Waals surface area contributed by atoms with E-state index in [1.165, 1.54) is 24.3 Å². The monoisotopic (exact) mass is 288 g/mol. The third kappa shape index (κ3) is 6.44. The fourth-order valence-corrected chi connectivity index (χ4v) is 1.48. The number of hydrogen-bond donors (Lipinski definition) is 2. The first-order chi connectivity index (χ1) is 9.63. The molecule has 1 aromatic rings. The van der Waals surface area contributed by atoms with Gasteiger partial charge in [-0.15, -0.1) is 0 Å². The molecule has 0 aliphatic rings. The minimum atomic E-state index is -2.91. The maximum atomic E-state index is 12.1. The lowest BCUT2D eigenvalue weighted by Gasteiger charge is -2.08. The second-order valence-corrected chi connectivity index (χ2v) is 3.92. The third-order valence-corrected chi connectivity index (χ3v) is 2.33. The van der Waals surface area contributed by atoms with Gasteiger partial charge in [-0.25, -0.2) is 0 Å². The summed E-state index contributed by atoms with van der Waals surface area (Å²) in [4.78, 5) is 11.8. The van der Waals surface area contributed by atoms with Crippen molar-refractivity contribution in [3.63, 3.8) is 0 Å². The number of halogens is 2. The Morgan fingerprint density at radius 1 is 1.35 bits per heavy atom. The number of benzene rings is 1. The summed E-state index contributed by atoms with van der Waals surface area (Å²) >= 11 is 0. The second kappa shape index (κ2) is 9.22. The van der Waals surface area contributed by atoms with Crippen LogP contribution in [0.15, 0.2) is 24.3 Å². The molecule has 0 atom stereocenters. The Kier molecular flexibility index (Phi) is 7.52. The van der Waals surface area contributed by atoms with Crippen LogP contribution in [0.4, 0.5) is 8.78 Å². The summed E-state index contributed by atoms with van der Waals surface area (Å²) < 4.78 is 33.5. The number of hydrogen-bond acceptors (Lipinski definition) is 4. The highest BCUT2D eigenvalue weighted by Gasteiger charge is 2.08. The zero-order valence-corrected chi connectivity index (χ0v) is 11.0. The van der Waals surface area contributed by atoms with E-state index in [1.807, 2.05) is 0 Å². The molecular formula is C13H18F2N2O3. The van der Waals surface area contributed by atoms with Crippen LogP contribution in [0, 0.1) is 0 Å². The maximum absolute atomic E-state index is 12.1. The Labute approximate surface area is 116 Å². The summed E-state index contributed by atoms with van der Waals surface area (Å²) in [5.41, 5.74) is 5.53. The number of carbonyl (C=O) groups excluding carboxylic acids is 1. The number of amides is 1. The molecule has 0 unspecified atom stereocenters. The minimum Gasteiger partial charge on any atom is -0.435 e. The minimum absolute atomic E-state index is 0.0427. The Bertz CT molecular complexity index is 416. The zero-order valence-electron chi connectivity index (χ0n) is 11.0. The summed E-state index contributed by atoms with van der Waals surface area (Å²) in [6.45, 7) is -1.02. The smallest absolute Gasteiger partial charge is 0.387 e. The standard InChI is InChI=1S/C13H18F2N2O3/c14-13(15)20-11-4-1-3-10(9-11)12(18)17-6-2-7-19-8-5-16/h1,3-4,9,13H,2,5-8,16H2,(H,17,18). The van der Waals surface area contributed by atoms with Crippen LogP contribution in [-0.2, 0) is 4.74 Å². The van der Waals surface area contributed by atoms with Crippen LogP contribution in [0.25, 0.3) is 0 Å². The van der Waals surface area contributed by atoms with Crippen LogP contribution < -0.4 is 15.8 Å². The Morgan fingerprint density at radius 3 is 2.85 bits per heavy atom. The number of nitrogens with two attached hydrogens (primary N) is 1. The fourth-order valence-electron chi connectivity index (χ4n) is 1.48. The van der Waals surface area contributed by atoms with E-state index >= 15 is 0 Å². The molecule has 0 bridgehead atoms. The van der Waals surface area contributed by atoms with E-state index in [2.05, 4.69) is 10.1 Å². The molecule has 3 N–H and O–H groups in total. The highest BCUT2D eigenvalue weighted by Crippen LogP contribution is 2.15. The van der Waals surface area contributed by atoms with Gasteiger partial charge in [-0.2, -0.15) is 8.78 Å². The summed E-state index contributed by atoms with van der Waals surface area (Å²) in [6.07, 6.45) is 0.652. The number of rotatable bonds is 9. The second-order valence-electron chi connectivity index (χ2n) is 3.92. The van der Waals surface area contributed by atoms with E-state index in [4.69, 9.17) is 10.5 Å². The van der Waals surface area contributed by atoms with E-state index in [9.17, 15) is 13.6 Å². The molecule has 0 radical (unpaired) electrons. The van der Waals surface area contributed by atoms with Crippen molar-refractivity contribution in [1.29, 1.82) is 0 Å². The van der Waals surface area contributed by atoms with Gasteiger partial charge in [-0.05, 0) is 24.6 Å².